The van der Waals surface area contributed by atoms with Crippen molar-refractivity contribution in [1.29, 1.82) is 0 Å². The number of fused-ring (bicyclic) bond motifs is 1. The minimum Gasteiger partial charge on any atom is -0.479 e. The van der Waals surface area contributed by atoms with Gasteiger partial charge in [0, 0.05) is 22.7 Å². The van der Waals surface area contributed by atoms with Gasteiger partial charge in [0.25, 0.3) is 0 Å². The number of benzene rings is 1. The molecular weight excluding hydrogens is 250 g/mol. The average molecular weight is 263 g/mol. The number of pyridine rings is 1. The van der Waals surface area contributed by atoms with Crippen molar-refractivity contribution in [2.75, 3.05) is 0 Å². The molecule has 0 bridgehead atoms. The number of hydrogen-bond acceptors (Lipinski definition) is 4. The molecule has 2 aromatic rings. The second kappa shape index (κ2) is 4.83. The van der Waals surface area contributed by atoms with Crippen LogP contribution in [-0.2, 0) is 4.79 Å². The predicted octanol–water partition coefficient (Wildman–Crippen LogP) is 0.315. The smallest absolute Gasteiger partial charge is 0.335 e. The normalized spacial score (nSPS) is 14.3. The Bertz CT molecular complexity index is 691. The topological polar surface area (TPSA) is 111 Å². The molecule has 0 saturated heterocycles. The molecule has 19 heavy (non-hydrogen) atoms. The fourth-order valence-electron chi connectivity index (χ4n) is 1.90. The van der Waals surface area contributed by atoms with Crippen molar-refractivity contribution in [3.8, 4) is 0 Å². The van der Waals surface area contributed by atoms with Gasteiger partial charge in [-0.2, -0.15) is 0 Å². The Hall–Kier alpha value is -2.18. The standard InChI is InChI=1S/C13H13NO5/c1-6-4-10(15)8-5-7(2-3-9(8)14-6)11(16)12(17)13(18)19/h2-5,11-12,16-17H,1H3,(H,14,15)(H,18,19). The molecule has 0 amide bonds. The fourth-order valence-corrected chi connectivity index (χ4v) is 1.90. The van der Waals surface area contributed by atoms with Gasteiger partial charge in [-0.25, -0.2) is 4.79 Å². The maximum atomic E-state index is 11.8. The molecule has 6 heteroatoms. The first kappa shape index (κ1) is 13.3. The van der Waals surface area contributed by atoms with Gasteiger partial charge in [-0.05, 0) is 24.6 Å². The van der Waals surface area contributed by atoms with Crippen LogP contribution in [0, 0.1) is 6.92 Å². The van der Waals surface area contributed by atoms with Crippen molar-refractivity contribution in [2.24, 2.45) is 0 Å². The van der Waals surface area contributed by atoms with Gasteiger partial charge in [-0.15, -0.1) is 0 Å². The van der Waals surface area contributed by atoms with Crippen molar-refractivity contribution >= 4 is 16.9 Å². The first-order chi connectivity index (χ1) is 8.90. The van der Waals surface area contributed by atoms with Crippen LogP contribution in [0.5, 0.6) is 0 Å². The second-order valence-electron chi connectivity index (χ2n) is 4.35. The van der Waals surface area contributed by atoms with Crippen molar-refractivity contribution in [2.45, 2.75) is 19.1 Å². The number of aromatic nitrogens is 1. The molecule has 0 aliphatic heterocycles. The van der Waals surface area contributed by atoms with E-state index in [9.17, 15) is 19.8 Å². The molecule has 0 aliphatic carbocycles. The van der Waals surface area contributed by atoms with Gasteiger partial charge in [0.05, 0.1) is 0 Å². The van der Waals surface area contributed by atoms with Gasteiger partial charge >= 0.3 is 5.97 Å². The molecule has 2 atom stereocenters. The number of H-pyrrole nitrogens is 1. The van der Waals surface area contributed by atoms with Gasteiger partial charge in [0.1, 0.15) is 6.10 Å². The van der Waals surface area contributed by atoms with Crippen LogP contribution in [-0.4, -0.2) is 32.4 Å². The molecule has 6 nitrogen and oxygen atoms in total. The van der Waals surface area contributed by atoms with Crippen molar-refractivity contribution < 1.29 is 20.1 Å². The van der Waals surface area contributed by atoms with E-state index in [1.165, 1.54) is 18.2 Å². The summed E-state index contributed by atoms with van der Waals surface area (Å²) in [6, 6.07) is 5.82. The molecule has 100 valence electrons. The Morgan fingerprint density at radius 3 is 2.58 bits per heavy atom. The van der Waals surface area contributed by atoms with Crippen LogP contribution in [0.3, 0.4) is 0 Å². The number of aliphatic hydroxyl groups excluding tert-OH is 2. The van der Waals surface area contributed by atoms with Crippen molar-refractivity contribution in [1.82, 2.24) is 4.98 Å². The average Bonchev–Trinajstić information content (AvgIpc) is 2.36. The molecule has 1 heterocycles. The summed E-state index contributed by atoms with van der Waals surface area (Å²) in [5, 5.41) is 28.0. The zero-order valence-electron chi connectivity index (χ0n) is 10.1. The largest absolute Gasteiger partial charge is 0.479 e. The maximum absolute atomic E-state index is 11.8. The molecule has 2 rings (SSSR count). The quantitative estimate of drug-likeness (QED) is 0.637. The van der Waals surface area contributed by atoms with Gasteiger partial charge in [-0.1, -0.05) is 6.07 Å². The SMILES string of the molecule is Cc1cc(=O)c2cc(C(O)C(O)C(=O)O)ccc2[nH]1. The predicted molar refractivity (Wildman–Crippen MR) is 67.9 cm³/mol. The monoisotopic (exact) mass is 263 g/mol. The van der Waals surface area contributed by atoms with Gasteiger partial charge < -0.3 is 20.3 Å². The van der Waals surface area contributed by atoms with E-state index in [-0.39, 0.29) is 11.0 Å². The molecule has 0 aliphatic rings. The number of carboxylic acid groups (broad SMARTS) is 1. The lowest BCUT2D eigenvalue weighted by molar-refractivity contribution is -0.153. The van der Waals surface area contributed by atoms with Crippen LogP contribution in [0.2, 0.25) is 0 Å². The lowest BCUT2D eigenvalue weighted by Crippen LogP contribution is -2.27. The van der Waals surface area contributed by atoms with E-state index in [0.29, 0.717) is 16.6 Å². The summed E-state index contributed by atoms with van der Waals surface area (Å²) >= 11 is 0. The Labute approximate surface area is 107 Å². The number of aromatic amines is 1. The number of hydrogen-bond donors (Lipinski definition) is 4. The van der Waals surface area contributed by atoms with E-state index in [2.05, 4.69) is 4.98 Å². The Balaban J connectivity index is 2.53. The molecule has 1 aromatic carbocycles. The van der Waals surface area contributed by atoms with Gasteiger partial charge in [-0.3, -0.25) is 4.79 Å². The molecule has 1 aromatic heterocycles. The molecule has 0 fully saturated rings. The lowest BCUT2D eigenvalue weighted by atomic mass is 10.0. The first-order valence-corrected chi connectivity index (χ1v) is 5.62. The van der Waals surface area contributed by atoms with Gasteiger partial charge in [0.15, 0.2) is 11.5 Å². The molecule has 4 N–H and O–H groups in total. The van der Waals surface area contributed by atoms with Crippen LogP contribution in [0.4, 0.5) is 0 Å². The van der Waals surface area contributed by atoms with Crippen LogP contribution in [0.25, 0.3) is 10.9 Å². The van der Waals surface area contributed by atoms with Crippen LogP contribution in [0.15, 0.2) is 29.1 Å². The van der Waals surface area contributed by atoms with Crippen LogP contribution in [0.1, 0.15) is 17.4 Å². The second-order valence-corrected chi connectivity index (χ2v) is 4.35. The first-order valence-electron chi connectivity index (χ1n) is 5.62. The number of carbonyl (C=O) groups is 1. The molecule has 2 unspecified atom stereocenters. The summed E-state index contributed by atoms with van der Waals surface area (Å²) in [5.74, 6) is -1.52. The molecule has 0 saturated carbocycles. The number of nitrogens with one attached hydrogen (secondary N) is 1. The third kappa shape index (κ3) is 2.49. The van der Waals surface area contributed by atoms with E-state index < -0.39 is 18.2 Å². The summed E-state index contributed by atoms with van der Waals surface area (Å²) < 4.78 is 0. The van der Waals surface area contributed by atoms with E-state index in [0.717, 1.165) is 0 Å². The highest BCUT2D eigenvalue weighted by Gasteiger charge is 2.25. The number of carboxylic acids is 1. The van der Waals surface area contributed by atoms with Crippen molar-refractivity contribution in [3.05, 3.63) is 45.7 Å². The highest BCUT2D eigenvalue weighted by atomic mass is 16.4. The zero-order valence-corrected chi connectivity index (χ0v) is 10.1. The highest BCUT2D eigenvalue weighted by Crippen LogP contribution is 2.20. The van der Waals surface area contributed by atoms with Crippen LogP contribution < -0.4 is 5.43 Å². The minimum absolute atomic E-state index is 0.178. The number of aliphatic hydroxyl groups is 2. The summed E-state index contributed by atoms with van der Waals surface area (Å²) in [5.41, 5.74) is 1.24. The van der Waals surface area contributed by atoms with Crippen LogP contribution >= 0.6 is 0 Å². The number of rotatable bonds is 3. The van der Waals surface area contributed by atoms with E-state index in [4.69, 9.17) is 5.11 Å². The Morgan fingerprint density at radius 1 is 1.26 bits per heavy atom. The molecule has 0 radical (unpaired) electrons. The number of aryl methyl sites for hydroxylation is 1. The third-order valence-electron chi connectivity index (χ3n) is 2.88. The van der Waals surface area contributed by atoms with E-state index >= 15 is 0 Å². The van der Waals surface area contributed by atoms with Crippen molar-refractivity contribution in [3.63, 3.8) is 0 Å². The minimum atomic E-state index is -1.93. The van der Waals surface area contributed by atoms with Gasteiger partial charge in [0.2, 0.25) is 0 Å². The van der Waals surface area contributed by atoms with E-state index in [1.807, 2.05) is 0 Å². The zero-order chi connectivity index (χ0) is 14.2. The lowest BCUT2D eigenvalue weighted by Gasteiger charge is -2.14. The molecular formula is C13H13NO5. The fraction of sp³-hybridized carbons (Fsp3) is 0.231. The summed E-state index contributed by atoms with van der Waals surface area (Å²) in [6.45, 7) is 1.75. The summed E-state index contributed by atoms with van der Waals surface area (Å²) in [4.78, 5) is 25.4. The summed E-state index contributed by atoms with van der Waals surface area (Å²) in [6.07, 6.45) is -3.51. The summed E-state index contributed by atoms with van der Waals surface area (Å²) in [7, 11) is 0. The Morgan fingerprint density at radius 2 is 1.95 bits per heavy atom. The van der Waals surface area contributed by atoms with E-state index in [1.54, 1.807) is 13.0 Å². The number of aliphatic carboxylic acids is 1. The Kier molecular flexibility index (Phi) is 3.37. The maximum Gasteiger partial charge on any atom is 0.335 e. The highest BCUT2D eigenvalue weighted by molar-refractivity contribution is 5.80. The third-order valence-corrected chi connectivity index (χ3v) is 2.88. The molecule has 0 spiro atoms.